The fraction of sp³-hybridized carbons (Fsp3) is 0.235. The second-order valence-corrected chi connectivity index (χ2v) is 4.98. The molecule has 2 heteroatoms. The molecule has 0 aliphatic heterocycles. The van der Waals surface area contributed by atoms with E-state index in [1.807, 2.05) is 0 Å². The molecule has 0 spiro atoms. The highest BCUT2D eigenvalue weighted by molar-refractivity contribution is 5.74. The Hall–Kier alpha value is -2.09. The van der Waals surface area contributed by atoms with Gasteiger partial charge < -0.3 is 5.73 Å². The first-order chi connectivity index (χ1) is 9.06. The van der Waals surface area contributed by atoms with Gasteiger partial charge in [0.2, 0.25) is 5.91 Å². The van der Waals surface area contributed by atoms with Gasteiger partial charge in [-0.3, -0.25) is 4.79 Å². The van der Waals surface area contributed by atoms with Crippen LogP contribution in [0.3, 0.4) is 0 Å². The summed E-state index contributed by atoms with van der Waals surface area (Å²) < 4.78 is 0. The summed E-state index contributed by atoms with van der Waals surface area (Å²) in [6.07, 6.45) is 1.12. The van der Waals surface area contributed by atoms with Gasteiger partial charge in [-0.05, 0) is 42.5 Å². The minimum Gasteiger partial charge on any atom is -0.370 e. The predicted molar refractivity (Wildman–Crippen MR) is 78.9 cm³/mol. The molecule has 1 amide bonds. The van der Waals surface area contributed by atoms with Gasteiger partial charge in [0.1, 0.15) is 0 Å². The lowest BCUT2D eigenvalue weighted by atomic mass is 9.97. The molecule has 0 saturated heterocycles. The third-order valence-corrected chi connectivity index (χ3v) is 3.31. The van der Waals surface area contributed by atoms with Crippen LogP contribution in [-0.2, 0) is 11.2 Å². The van der Waals surface area contributed by atoms with Crippen molar-refractivity contribution in [1.29, 1.82) is 0 Å². The Morgan fingerprint density at radius 1 is 1.05 bits per heavy atom. The van der Waals surface area contributed by atoms with E-state index in [1.54, 1.807) is 0 Å². The molecule has 0 bridgehead atoms. The van der Waals surface area contributed by atoms with E-state index in [2.05, 4.69) is 56.3 Å². The maximum atomic E-state index is 10.8. The minimum atomic E-state index is -0.251. The molecule has 0 aromatic heterocycles. The number of aryl methyl sites for hydroxylation is 3. The molecule has 2 rings (SSSR count). The highest BCUT2D eigenvalue weighted by Gasteiger charge is 2.03. The fourth-order valence-corrected chi connectivity index (χ4v) is 2.26. The molecule has 2 aromatic carbocycles. The predicted octanol–water partition coefficient (Wildman–Crippen LogP) is 3.39. The first-order valence-corrected chi connectivity index (χ1v) is 6.51. The lowest BCUT2D eigenvalue weighted by Gasteiger charge is -2.08. The van der Waals surface area contributed by atoms with Gasteiger partial charge in [0.15, 0.2) is 0 Å². The smallest absolute Gasteiger partial charge is 0.217 e. The van der Waals surface area contributed by atoms with Crippen LogP contribution >= 0.6 is 0 Å². The van der Waals surface area contributed by atoms with Crippen molar-refractivity contribution >= 4 is 5.91 Å². The molecular weight excluding hydrogens is 234 g/mol. The van der Waals surface area contributed by atoms with Crippen molar-refractivity contribution in [3.63, 3.8) is 0 Å². The van der Waals surface area contributed by atoms with Crippen LogP contribution < -0.4 is 5.73 Å². The van der Waals surface area contributed by atoms with Crippen molar-refractivity contribution < 1.29 is 4.79 Å². The van der Waals surface area contributed by atoms with Crippen LogP contribution in [-0.4, -0.2) is 5.91 Å². The van der Waals surface area contributed by atoms with Crippen molar-refractivity contribution in [2.75, 3.05) is 0 Å². The summed E-state index contributed by atoms with van der Waals surface area (Å²) >= 11 is 0. The van der Waals surface area contributed by atoms with Gasteiger partial charge in [-0.25, -0.2) is 0 Å². The van der Waals surface area contributed by atoms with Gasteiger partial charge in [-0.15, -0.1) is 0 Å². The van der Waals surface area contributed by atoms with Crippen LogP contribution in [0, 0.1) is 13.8 Å². The maximum absolute atomic E-state index is 10.8. The third kappa shape index (κ3) is 3.44. The number of benzene rings is 2. The molecule has 0 saturated carbocycles. The number of carbonyl (C=O) groups is 1. The standard InChI is InChI=1S/C17H19NO/c1-12-3-9-16(13(2)11-12)15-7-4-14(5-8-15)6-10-17(18)19/h3-5,7-9,11H,6,10H2,1-2H3,(H2,18,19). The molecule has 98 valence electrons. The Labute approximate surface area is 114 Å². The number of carbonyl (C=O) groups excluding carboxylic acids is 1. The first kappa shape index (κ1) is 13.3. The Balaban J connectivity index is 2.20. The van der Waals surface area contributed by atoms with E-state index >= 15 is 0 Å². The third-order valence-electron chi connectivity index (χ3n) is 3.31. The zero-order valence-corrected chi connectivity index (χ0v) is 11.4. The van der Waals surface area contributed by atoms with Gasteiger partial charge in [-0.1, -0.05) is 48.0 Å². The zero-order valence-electron chi connectivity index (χ0n) is 11.4. The average Bonchev–Trinajstić information content (AvgIpc) is 2.37. The molecule has 0 radical (unpaired) electrons. The summed E-state index contributed by atoms with van der Waals surface area (Å²) in [7, 11) is 0. The van der Waals surface area contributed by atoms with Crippen LogP contribution in [0.25, 0.3) is 11.1 Å². The summed E-state index contributed by atoms with van der Waals surface area (Å²) in [5, 5.41) is 0. The zero-order chi connectivity index (χ0) is 13.8. The van der Waals surface area contributed by atoms with E-state index in [-0.39, 0.29) is 5.91 Å². The summed E-state index contributed by atoms with van der Waals surface area (Å²) in [6.45, 7) is 4.23. The van der Waals surface area contributed by atoms with Crippen molar-refractivity contribution in [3.8, 4) is 11.1 Å². The molecule has 2 aromatic rings. The van der Waals surface area contributed by atoms with E-state index in [9.17, 15) is 4.79 Å². The molecule has 0 atom stereocenters. The Morgan fingerprint density at radius 2 is 1.74 bits per heavy atom. The first-order valence-electron chi connectivity index (χ1n) is 6.51. The van der Waals surface area contributed by atoms with E-state index < -0.39 is 0 Å². The van der Waals surface area contributed by atoms with E-state index in [1.165, 1.54) is 22.3 Å². The molecule has 2 N–H and O–H groups in total. The SMILES string of the molecule is Cc1ccc(-c2ccc(CCC(N)=O)cc2)c(C)c1. The molecule has 2 nitrogen and oxygen atoms in total. The quantitative estimate of drug-likeness (QED) is 0.891. The summed E-state index contributed by atoms with van der Waals surface area (Å²) in [5.41, 5.74) is 11.3. The molecule has 0 fully saturated rings. The normalized spacial score (nSPS) is 10.4. The molecule has 19 heavy (non-hydrogen) atoms. The number of amides is 1. The largest absolute Gasteiger partial charge is 0.370 e. The lowest BCUT2D eigenvalue weighted by molar-refractivity contribution is -0.117. The number of nitrogens with two attached hydrogens (primary N) is 1. The van der Waals surface area contributed by atoms with Crippen LogP contribution in [0.1, 0.15) is 23.1 Å². The van der Waals surface area contributed by atoms with Gasteiger partial charge in [-0.2, -0.15) is 0 Å². The summed E-state index contributed by atoms with van der Waals surface area (Å²) in [4.78, 5) is 10.8. The topological polar surface area (TPSA) is 43.1 Å². The monoisotopic (exact) mass is 253 g/mol. The van der Waals surface area contributed by atoms with Crippen molar-refractivity contribution in [2.24, 2.45) is 5.73 Å². The fourth-order valence-electron chi connectivity index (χ4n) is 2.26. The number of hydrogen-bond acceptors (Lipinski definition) is 1. The van der Waals surface area contributed by atoms with Gasteiger partial charge in [0.05, 0.1) is 0 Å². The van der Waals surface area contributed by atoms with E-state index in [4.69, 9.17) is 5.73 Å². The molecule has 0 unspecified atom stereocenters. The number of primary amides is 1. The van der Waals surface area contributed by atoms with Gasteiger partial charge in [0.25, 0.3) is 0 Å². The lowest BCUT2D eigenvalue weighted by Crippen LogP contribution is -2.11. The Bertz CT molecular complexity index is 585. The van der Waals surface area contributed by atoms with E-state index in [0.717, 1.165) is 5.56 Å². The van der Waals surface area contributed by atoms with Gasteiger partial charge in [0, 0.05) is 6.42 Å². The van der Waals surface area contributed by atoms with Crippen molar-refractivity contribution in [2.45, 2.75) is 26.7 Å². The molecule has 0 aliphatic rings. The van der Waals surface area contributed by atoms with Crippen LogP contribution in [0.2, 0.25) is 0 Å². The Morgan fingerprint density at radius 3 is 2.32 bits per heavy atom. The summed E-state index contributed by atoms with van der Waals surface area (Å²) in [5.74, 6) is -0.251. The second kappa shape index (κ2) is 5.70. The highest BCUT2D eigenvalue weighted by Crippen LogP contribution is 2.24. The molecular formula is C17H19NO. The van der Waals surface area contributed by atoms with Crippen molar-refractivity contribution in [1.82, 2.24) is 0 Å². The van der Waals surface area contributed by atoms with Crippen LogP contribution in [0.4, 0.5) is 0 Å². The highest BCUT2D eigenvalue weighted by atomic mass is 16.1. The average molecular weight is 253 g/mol. The van der Waals surface area contributed by atoms with Crippen LogP contribution in [0.5, 0.6) is 0 Å². The Kier molecular flexibility index (Phi) is 4.00. The summed E-state index contributed by atoms with van der Waals surface area (Å²) in [6, 6.07) is 14.8. The maximum Gasteiger partial charge on any atom is 0.217 e. The molecule has 0 heterocycles. The second-order valence-electron chi connectivity index (χ2n) is 4.98. The van der Waals surface area contributed by atoms with Crippen molar-refractivity contribution in [3.05, 3.63) is 59.2 Å². The molecule has 0 aliphatic carbocycles. The minimum absolute atomic E-state index is 0.251. The number of rotatable bonds is 4. The number of hydrogen-bond donors (Lipinski definition) is 1. The van der Waals surface area contributed by atoms with E-state index in [0.29, 0.717) is 12.8 Å². The van der Waals surface area contributed by atoms with Gasteiger partial charge >= 0.3 is 0 Å². The van der Waals surface area contributed by atoms with Crippen LogP contribution in [0.15, 0.2) is 42.5 Å².